The highest BCUT2D eigenvalue weighted by Gasteiger charge is 2.21. The Kier molecular flexibility index (Phi) is 5.90. The van der Waals surface area contributed by atoms with Gasteiger partial charge in [-0.15, -0.1) is 10.2 Å². The van der Waals surface area contributed by atoms with E-state index >= 15 is 0 Å². The quantitative estimate of drug-likeness (QED) is 0.611. The molecular formula is C18H20FN5O2S. The van der Waals surface area contributed by atoms with E-state index in [9.17, 15) is 9.18 Å². The van der Waals surface area contributed by atoms with Crippen molar-refractivity contribution < 1.29 is 13.6 Å². The second-order valence-corrected chi connectivity index (χ2v) is 7.31. The van der Waals surface area contributed by atoms with E-state index in [0.29, 0.717) is 5.82 Å². The molecule has 0 saturated heterocycles. The highest BCUT2D eigenvalue weighted by molar-refractivity contribution is 8.00. The van der Waals surface area contributed by atoms with Crippen LogP contribution in [0, 0.1) is 5.82 Å². The number of hydrogen-bond donors (Lipinski definition) is 1. The van der Waals surface area contributed by atoms with Gasteiger partial charge in [-0.2, -0.15) is 5.10 Å². The van der Waals surface area contributed by atoms with Crippen LogP contribution < -0.4 is 5.32 Å². The van der Waals surface area contributed by atoms with Crippen molar-refractivity contribution in [3.63, 3.8) is 0 Å². The van der Waals surface area contributed by atoms with Gasteiger partial charge >= 0.3 is 0 Å². The number of thioether (sulfide) groups is 1. The first-order chi connectivity index (χ1) is 13.0. The third-order valence-electron chi connectivity index (χ3n) is 4.09. The van der Waals surface area contributed by atoms with Crippen LogP contribution >= 0.6 is 11.8 Å². The van der Waals surface area contributed by atoms with Crippen molar-refractivity contribution >= 4 is 23.5 Å². The lowest BCUT2D eigenvalue weighted by molar-refractivity contribution is -0.115. The molecule has 2 heterocycles. The number of hydrogen-bond acceptors (Lipinski definition) is 6. The zero-order valence-electron chi connectivity index (χ0n) is 15.2. The van der Waals surface area contributed by atoms with Gasteiger partial charge in [0.1, 0.15) is 11.6 Å². The van der Waals surface area contributed by atoms with Gasteiger partial charge in [0.2, 0.25) is 5.91 Å². The van der Waals surface area contributed by atoms with Crippen molar-refractivity contribution in [1.82, 2.24) is 20.0 Å². The van der Waals surface area contributed by atoms with Crippen LogP contribution in [-0.2, 0) is 4.79 Å². The summed E-state index contributed by atoms with van der Waals surface area (Å²) < 4.78 is 21.1. The van der Waals surface area contributed by atoms with Crippen molar-refractivity contribution in [2.24, 2.45) is 0 Å². The van der Waals surface area contributed by atoms with Gasteiger partial charge in [0.15, 0.2) is 0 Å². The predicted molar refractivity (Wildman–Crippen MR) is 101 cm³/mol. The maximum atomic E-state index is 13.8. The Labute approximate surface area is 160 Å². The number of carbonyl (C=O) groups excluding carboxylic acids is 1. The summed E-state index contributed by atoms with van der Waals surface area (Å²) in [6, 6.07) is 8.09. The molecule has 0 radical (unpaired) electrons. The van der Waals surface area contributed by atoms with E-state index in [0.717, 1.165) is 18.2 Å². The Morgan fingerprint density at radius 3 is 2.81 bits per heavy atom. The molecule has 1 amide bonds. The average molecular weight is 389 g/mol. The number of carbonyl (C=O) groups is 1. The molecule has 9 heteroatoms. The van der Waals surface area contributed by atoms with E-state index in [-0.39, 0.29) is 28.6 Å². The molecule has 1 N–H and O–H groups in total. The van der Waals surface area contributed by atoms with E-state index < -0.39 is 11.1 Å². The van der Waals surface area contributed by atoms with Crippen LogP contribution in [-0.4, -0.2) is 31.1 Å². The number of rotatable bonds is 7. The zero-order valence-corrected chi connectivity index (χ0v) is 16.0. The Hall–Kier alpha value is -2.68. The monoisotopic (exact) mass is 389 g/mol. The molecule has 0 bridgehead atoms. The highest BCUT2D eigenvalue weighted by atomic mass is 32.2. The molecule has 142 valence electrons. The van der Waals surface area contributed by atoms with Gasteiger partial charge in [0, 0.05) is 6.07 Å². The minimum absolute atomic E-state index is 0.0815. The minimum Gasteiger partial charge on any atom is -0.411 e. The molecule has 0 saturated carbocycles. The Morgan fingerprint density at radius 1 is 1.30 bits per heavy atom. The van der Waals surface area contributed by atoms with Crippen LogP contribution in [0.25, 0.3) is 11.5 Å². The van der Waals surface area contributed by atoms with E-state index in [2.05, 4.69) is 27.5 Å². The molecule has 7 nitrogen and oxygen atoms in total. The Bertz CT molecular complexity index is 926. The van der Waals surface area contributed by atoms with Crippen LogP contribution in [0.3, 0.4) is 0 Å². The smallest absolute Gasteiger partial charge is 0.277 e. The van der Waals surface area contributed by atoms with Gasteiger partial charge in [0.05, 0.1) is 23.1 Å². The van der Waals surface area contributed by atoms with Crippen LogP contribution in [0.5, 0.6) is 0 Å². The largest absolute Gasteiger partial charge is 0.411 e. The Morgan fingerprint density at radius 2 is 2.07 bits per heavy atom. The van der Waals surface area contributed by atoms with E-state index in [1.807, 2.05) is 6.92 Å². The normalized spacial score (nSPS) is 13.3. The minimum atomic E-state index is -0.487. The van der Waals surface area contributed by atoms with Gasteiger partial charge in [-0.05, 0) is 32.4 Å². The number of anilines is 1. The van der Waals surface area contributed by atoms with Gasteiger partial charge in [0.25, 0.3) is 11.1 Å². The van der Waals surface area contributed by atoms with Gasteiger partial charge < -0.3 is 9.73 Å². The average Bonchev–Trinajstić information content (AvgIpc) is 3.31. The first-order valence-electron chi connectivity index (χ1n) is 8.59. The topological polar surface area (TPSA) is 85.8 Å². The highest BCUT2D eigenvalue weighted by Crippen LogP contribution is 2.28. The molecule has 2 atom stereocenters. The molecule has 3 aromatic rings. The maximum Gasteiger partial charge on any atom is 0.277 e. The summed E-state index contributed by atoms with van der Waals surface area (Å²) in [4.78, 5) is 12.5. The van der Waals surface area contributed by atoms with Crippen LogP contribution in [0.15, 0.2) is 46.2 Å². The van der Waals surface area contributed by atoms with Crippen molar-refractivity contribution in [1.29, 1.82) is 0 Å². The zero-order chi connectivity index (χ0) is 19.4. The van der Waals surface area contributed by atoms with Crippen LogP contribution in [0.2, 0.25) is 0 Å². The van der Waals surface area contributed by atoms with Gasteiger partial charge in [-0.25, -0.2) is 9.07 Å². The van der Waals surface area contributed by atoms with Gasteiger partial charge in [-0.1, -0.05) is 30.8 Å². The lowest BCUT2D eigenvalue weighted by Crippen LogP contribution is -2.24. The van der Waals surface area contributed by atoms with Crippen molar-refractivity contribution in [3.05, 3.63) is 42.3 Å². The lowest BCUT2D eigenvalue weighted by Gasteiger charge is -2.15. The number of halogens is 1. The molecule has 0 fully saturated rings. The molecule has 2 aromatic heterocycles. The summed E-state index contributed by atoms with van der Waals surface area (Å²) in [6.45, 7) is 5.82. The molecule has 0 unspecified atom stereocenters. The fourth-order valence-electron chi connectivity index (χ4n) is 2.37. The summed E-state index contributed by atoms with van der Waals surface area (Å²) in [7, 11) is 0. The number of aromatic nitrogens is 4. The van der Waals surface area contributed by atoms with E-state index in [1.165, 1.54) is 6.07 Å². The van der Waals surface area contributed by atoms with Crippen LogP contribution in [0.1, 0.15) is 33.2 Å². The first kappa shape index (κ1) is 19.1. The molecule has 0 aliphatic heterocycles. The molecule has 1 aromatic carbocycles. The standard InChI is InChI=1S/C18H20FN5O2S/c1-4-11(2)24-15(9-10-20-24)21-16(25)12(3)27-18-23-22-17(26-18)13-7-5-6-8-14(13)19/h5-12H,4H2,1-3H3,(H,21,25)/t11-,12-/m0/s1. The molecule has 0 aliphatic carbocycles. The van der Waals surface area contributed by atoms with Crippen molar-refractivity contribution in [2.45, 2.75) is 43.7 Å². The summed E-state index contributed by atoms with van der Waals surface area (Å²) in [5, 5.41) is 14.6. The number of nitrogens with one attached hydrogen (secondary N) is 1. The molecule has 0 spiro atoms. The molecular weight excluding hydrogens is 369 g/mol. The van der Waals surface area contributed by atoms with Crippen LogP contribution in [0.4, 0.5) is 10.2 Å². The summed E-state index contributed by atoms with van der Waals surface area (Å²) in [6.07, 6.45) is 2.55. The van der Waals surface area contributed by atoms with Gasteiger partial charge in [-0.3, -0.25) is 4.79 Å². The number of benzene rings is 1. The molecule has 3 rings (SSSR count). The summed E-state index contributed by atoms with van der Waals surface area (Å²) >= 11 is 1.11. The fraction of sp³-hybridized carbons (Fsp3) is 0.333. The Balaban J connectivity index is 1.66. The molecule has 0 aliphatic rings. The van der Waals surface area contributed by atoms with E-state index in [1.54, 1.807) is 42.1 Å². The lowest BCUT2D eigenvalue weighted by atomic mass is 10.2. The summed E-state index contributed by atoms with van der Waals surface area (Å²) in [5.74, 6) is 0.0647. The second-order valence-electron chi connectivity index (χ2n) is 6.02. The van der Waals surface area contributed by atoms with E-state index in [4.69, 9.17) is 4.42 Å². The van der Waals surface area contributed by atoms with Crippen molar-refractivity contribution in [2.75, 3.05) is 5.32 Å². The second kappa shape index (κ2) is 8.34. The summed E-state index contributed by atoms with van der Waals surface area (Å²) in [5.41, 5.74) is 0.228. The fourth-order valence-corrected chi connectivity index (χ4v) is 3.05. The third kappa shape index (κ3) is 4.36. The number of amides is 1. The predicted octanol–water partition coefficient (Wildman–Crippen LogP) is 4.16. The maximum absolute atomic E-state index is 13.8. The SMILES string of the molecule is CC[C@H](C)n1nccc1NC(=O)[C@H](C)Sc1nnc(-c2ccccc2F)o1. The number of nitrogens with zero attached hydrogens (tertiary/aromatic N) is 4. The van der Waals surface area contributed by atoms with Crippen molar-refractivity contribution in [3.8, 4) is 11.5 Å². The third-order valence-corrected chi connectivity index (χ3v) is 5.02. The first-order valence-corrected chi connectivity index (χ1v) is 9.47. The molecule has 27 heavy (non-hydrogen) atoms.